The first-order valence-electron chi connectivity index (χ1n) is 3.14. The van der Waals surface area contributed by atoms with Crippen molar-refractivity contribution in [1.82, 2.24) is 0 Å². The summed E-state index contributed by atoms with van der Waals surface area (Å²) in [7, 11) is 1.20. The van der Waals surface area contributed by atoms with Crippen LogP contribution in [-0.4, -0.2) is 24.6 Å². The van der Waals surface area contributed by atoms with Gasteiger partial charge in [-0.25, -0.2) is 0 Å². The van der Waals surface area contributed by atoms with E-state index < -0.39 is 11.9 Å². The predicted molar refractivity (Wildman–Crippen MR) is 39.6 cm³/mol. The first-order chi connectivity index (χ1) is 5.00. The maximum atomic E-state index is 10.8. The van der Waals surface area contributed by atoms with Crippen molar-refractivity contribution in [3.05, 3.63) is 0 Å². The van der Waals surface area contributed by atoms with Gasteiger partial charge in [0.1, 0.15) is 5.78 Å². The van der Waals surface area contributed by atoms with Crippen LogP contribution in [-0.2, 0) is 14.3 Å². The number of ether oxygens (including phenoxy) is 1. The normalized spacial score (nSPS) is 11.9. The van der Waals surface area contributed by atoms with Gasteiger partial charge in [0.15, 0.2) is 5.92 Å². The molecule has 0 amide bonds. The Morgan fingerprint density at radius 1 is 1.36 bits per heavy atom. The van der Waals surface area contributed by atoms with E-state index in [4.69, 9.17) is 5.41 Å². The zero-order chi connectivity index (χ0) is 9.02. The Kier molecular flexibility index (Phi) is 3.44. The fraction of sp³-hybridized carbons (Fsp3) is 0.571. The third-order valence-corrected chi connectivity index (χ3v) is 1.28. The summed E-state index contributed by atoms with van der Waals surface area (Å²) >= 11 is 0. The Labute approximate surface area is 65.1 Å². The molecule has 0 spiro atoms. The standard InChI is InChI=1S/C7H11NO3/c1-4(8)6(5(2)9)7(10)11-3/h6,8H,1-3H3/t6-/m1/s1. The van der Waals surface area contributed by atoms with Gasteiger partial charge >= 0.3 is 5.97 Å². The largest absolute Gasteiger partial charge is 0.468 e. The number of hydrogen-bond donors (Lipinski definition) is 1. The van der Waals surface area contributed by atoms with Gasteiger partial charge in [-0.2, -0.15) is 0 Å². The van der Waals surface area contributed by atoms with E-state index in [-0.39, 0.29) is 11.5 Å². The molecule has 1 atom stereocenters. The van der Waals surface area contributed by atoms with Gasteiger partial charge in [0.2, 0.25) is 0 Å². The molecule has 0 aliphatic carbocycles. The molecule has 0 saturated carbocycles. The highest BCUT2D eigenvalue weighted by Gasteiger charge is 2.25. The fourth-order valence-corrected chi connectivity index (χ4v) is 0.765. The smallest absolute Gasteiger partial charge is 0.321 e. The van der Waals surface area contributed by atoms with Gasteiger partial charge in [0.25, 0.3) is 0 Å². The van der Waals surface area contributed by atoms with Crippen molar-refractivity contribution in [3.8, 4) is 0 Å². The van der Waals surface area contributed by atoms with Crippen LogP contribution in [0.1, 0.15) is 13.8 Å². The van der Waals surface area contributed by atoms with Crippen molar-refractivity contribution in [2.45, 2.75) is 13.8 Å². The quantitative estimate of drug-likeness (QED) is 0.366. The number of ketones is 1. The third kappa shape index (κ3) is 2.49. The van der Waals surface area contributed by atoms with Gasteiger partial charge in [0, 0.05) is 5.71 Å². The van der Waals surface area contributed by atoms with E-state index in [9.17, 15) is 9.59 Å². The van der Waals surface area contributed by atoms with Crippen LogP contribution in [0.2, 0.25) is 0 Å². The third-order valence-electron chi connectivity index (χ3n) is 1.28. The van der Waals surface area contributed by atoms with Gasteiger partial charge in [-0.15, -0.1) is 0 Å². The average molecular weight is 157 g/mol. The number of rotatable bonds is 3. The molecule has 4 heteroatoms. The lowest BCUT2D eigenvalue weighted by atomic mass is 10.0. The van der Waals surface area contributed by atoms with Crippen LogP contribution in [0.5, 0.6) is 0 Å². The molecule has 4 nitrogen and oxygen atoms in total. The van der Waals surface area contributed by atoms with Crippen molar-refractivity contribution in [2.24, 2.45) is 5.92 Å². The zero-order valence-electron chi connectivity index (χ0n) is 6.80. The number of carbonyl (C=O) groups excluding carboxylic acids is 2. The summed E-state index contributed by atoms with van der Waals surface area (Å²) in [6.45, 7) is 2.67. The van der Waals surface area contributed by atoms with Crippen molar-refractivity contribution in [3.63, 3.8) is 0 Å². The molecular weight excluding hydrogens is 146 g/mol. The molecule has 0 rings (SSSR count). The van der Waals surface area contributed by atoms with E-state index in [1.165, 1.54) is 21.0 Å². The van der Waals surface area contributed by atoms with Crippen LogP contribution >= 0.6 is 0 Å². The van der Waals surface area contributed by atoms with E-state index in [0.29, 0.717) is 0 Å². The summed E-state index contributed by atoms with van der Waals surface area (Å²) in [5, 5.41) is 7.09. The van der Waals surface area contributed by atoms with Crippen LogP contribution in [0.4, 0.5) is 0 Å². The highest BCUT2D eigenvalue weighted by molar-refractivity contribution is 6.16. The second kappa shape index (κ2) is 3.85. The minimum absolute atomic E-state index is 0.0179. The van der Waals surface area contributed by atoms with Gasteiger partial charge in [-0.05, 0) is 13.8 Å². The molecule has 0 radical (unpaired) electrons. The molecule has 0 aromatic heterocycles. The molecule has 62 valence electrons. The summed E-state index contributed by atoms with van der Waals surface area (Å²) in [4.78, 5) is 21.6. The van der Waals surface area contributed by atoms with Gasteiger partial charge < -0.3 is 10.1 Å². The fourth-order valence-electron chi connectivity index (χ4n) is 0.765. The monoisotopic (exact) mass is 157 g/mol. The van der Waals surface area contributed by atoms with E-state index in [1.54, 1.807) is 0 Å². The first-order valence-corrected chi connectivity index (χ1v) is 3.14. The number of methoxy groups -OCH3 is 1. The Morgan fingerprint density at radius 2 is 1.82 bits per heavy atom. The summed E-state index contributed by atoms with van der Waals surface area (Å²) in [6.07, 6.45) is 0. The number of carbonyl (C=O) groups is 2. The summed E-state index contributed by atoms with van der Waals surface area (Å²) in [5.74, 6) is -2.03. The van der Waals surface area contributed by atoms with Crippen LogP contribution in [0.3, 0.4) is 0 Å². The zero-order valence-corrected chi connectivity index (χ0v) is 6.80. The molecule has 0 aromatic rings. The van der Waals surface area contributed by atoms with Crippen LogP contribution in [0.15, 0.2) is 0 Å². The van der Waals surface area contributed by atoms with E-state index in [1.807, 2.05) is 0 Å². The SMILES string of the molecule is COC(=O)[C@H](C(C)=N)C(C)=O. The lowest BCUT2D eigenvalue weighted by Crippen LogP contribution is -2.29. The summed E-state index contributed by atoms with van der Waals surface area (Å²) in [6, 6.07) is 0. The molecule has 0 fully saturated rings. The molecule has 0 aliphatic heterocycles. The van der Waals surface area contributed by atoms with Crippen molar-refractivity contribution >= 4 is 17.5 Å². The Morgan fingerprint density at radius 3 is 1.91 bits per heavy atom. The van der Waals surface area contributed by atoms with Gasteiger partial charge in [0.05, 0.1) is 7.11 Å². The molecule has 0 saturated heterocycles. The molecule has 0 bridgehead atoms. The maximum absolute atomic E-state index is 10.8. The predicted octanol–water partition coefficient (Wildman–Crippen LogP) is 0.404. The molecule has 11 heavy (non-hydrogen) atoms. The molecule has 1 N–H and O–H groups in total. The van der Waals surface area contributed by atoms with Crippen molar-refractivity contribution in [1.29, 1.82) is 5.41 Å². The highest BCUT2D eigenvalue weighted by Crippen LogP contribution is 2.02. The topological polar surface area (TPSA) is 67.2 Å². The summed E-state index contributed by atoms with van der Waals surface area (Å²) < 4.78 is 4.33. The van der Waals surface area contributed by atoms with E-state index in [2.05, 4.69) is 4.74 Å². The molecule has 0 heterocycles. The number of hydrogen-bond acceptors (Lipinski definition) is 4. The van der Waals surface area contributed by atoms with E-state index in [0.717, 1.165) is 0 Å². The lowest BCUT2D eigenvalue weighted by molar-refractivity contribution is -0.145. The minimum Gasteiger partial charge on any atom is -0.468 e. The Bertz CT molecular complexity index is 184. The molecular formula is C7H11NO3. The minimum atomic E-state index is -1.01. The van der Waals surface area contributed by atoms with Gasteiger partial charge in [-0.3, -0.25) is 9.59 Å². The van der Waals surface area contributed by atoms with Crippen molar-refractivity contribution in [2.75, 3.05) is 7.11 Å². The number of Topliss-reactive ketones (excluding diaryl/α,β-unsaturated/α-hetero) is 1. The van der Waals surface area contributed by atoms with E-state index >= 15 is 0 Å². The van der Waals surface area contributed by atoms with Crippen LogP contribution in [0.25, 0.3) is 0 Å². The first kappa shape index (κ1) is 9.81. The second-order valence-electron chi connectivity index (χ2n) is 2.25. The number of esters is 1. The number of nitrogens with one attached hydrogen (secondary N) is 1. The maximum Gasteiger partial charge on any atom is 0.321 e. The average Bonchev–Trinajstić information content (AvgIpc) is 1.85. The van der Waals surface area contributed by atoms with Crippen LogP contribution < -0.4 is 0 Å². The Hall–Kier alpha value is -1.19. The van der Waals surface area contributed by atoms with Gasteiger partial charge in [-0.1, -0.05) is 0 Å². The molecule has 0 unspecified atom stereocenters. The second-order valence-corrected chi connectivity index (χ2v) is 2.25. The van der Waals surface area contributed by atoms with Crippen LogP contribution in [0, 0.1) is 11.3 Å². The summed E-state index contributed by atoms with van der Waals surface area (Å²) in [5.41, 5.74) is 0.0179. The Balaban J connectivity index is 4.47. The van der Waals surface area contributed by atoms with Crippen molar-refractivity contribution < 1.29 is 14.3 Å². The highest BCUT2D eigenvalue weighted by atomic mass is 16.5. The molecule has 0 aromatic carbocycles. The lowest BCUT2D eigenvalue weighted by Gasteiger charge is -2.08. The molecule has 0 aliphatic rings.